The topological polar surface area (TPSA) is 37.3 Å². The molecule has 1 aromatic carbocycles. The van der Waals surface area contributed by atoms with Gasteiger partial charge in [-0.05, 0) is 36.3 Å². The number of benzene rings is 1. The van der Waals surface area contributed by atoms with Gasteiger partial charge >= 0.3 is 5.97 Å². The van der Waals surface area contributed by atoms with Gasteiger partial charge in [-0.3, -0.25) is 4.79 Å². The van der Waals surface area contributed by atoms with Crippen LogP contribution in [0.2, 0.25) is 0 Å². The van der Waals surface area contributed by atoms with Gasteiger partial charge in [0.05, 0.1) is 0 Å². The summed E-state index contributed by atoms with van der Waals surface area (Å²) in [5.41, 5.74) is 2.53. The smallest absolute Gasteiger partial charge is 0.303 e. The zero-order valence-electron chi connectivity index (χ0n) is 8.07. The van der Waals surface area contributed by atoms with Crippen molar-refractivity contribution in [2.75, 3.05) is 0 Å². The van der Waals surface area contributed by atoms with Crippen LogP contribution in [-0.2, 0) is 11.2 Å². The minimum Gasteiger partial charge on any atom is -0.481 e. The second-order valence-corrected chi connectivity index (χ2v) is 3.91. The zero-order chi connectivity index (χ0) is 9.97. The van der Waals surface area contributed by atoms with Crippen molar-refractivity contribution < 1.29 is 9.90 Å². The van der Waals surface area contributed by atoms with Gasteiger partial charge in [0.15, 0.2) is 0 Å². The molecule has 0 aliphatic heterocycles. The molecule has 2 rings (SSSR count). The van der Waals surface area contributed by atoms with Gasteiger partial charge in [-0.2, -0.15) is 0 Å². The Morgan fingerprint density at radius 3 is 2.43 bits per heavy atom. The summed E-state index contributed by atoms with van der Waals surface area (Å²) in [6.07, 6.45) is 3.49. The van der Waals surface area contributed by atoms with Gasteiger partial charge in [-0.15, -0.1) is 0 Å². The standard InChI is InChI=1S/C12H14O2/c13-12(14)8-3-9-1-4-10(5-2-9)11-6-7-11/h1-2,4-5,11H,3,6-8H2,(H,13,14). The molecule has 2 nitrogen and oxygen atoms in total. The number of rotatable bonds is 4. The molecule has 0 radical (unpaired) electrons. The third-order valence-electron chi connectivity index (χ3n) is 2.66. The zero-order valence-corrected chi connectivity index (χ0v) is 8.07. The lowest BCUT2D eigenvalue weighted by molar-refractivity contribution is -0.136. The molecule has 0 unspecified atom stereocenters. The fourth-order valence-corrected chi connectivity index (χ4v) is 1.62. The maximum atomic E-state index is 10.4. The van der Waals surface area contributed by atoms with Crippen LogP contribution in [0.3, 0.4) is 0 Å². The second-order valence-electron chi connectivity index (χ2n) is 3.91. The molecule has 0 aromatic heterocycles. The molecule has 0 heterocycles. The number of carbonyl (C=O) groups is 1. The molecule has 1 aliphatic carbocycles. The van der Waals surface area contributed by atoms with Crippen LogP contribution in [0.4, 0.5) is 0 Å². The van der Waals surface area contributed by atoms with E-state index in [0.29, 0.717) is 6.42 Å². The van der Waals surface area contributed by atoms with E-state index >= 15 is 0 Å². The van der Waals surface area contributed by atoms with Crippen molar-refractivity contribution >= 4 is 5.97 Å². The normalized spacial score (nSPS) is 15.4. The number of hydrogen-bond donors (Lipinski definition) is 1. The van der Waals surface area contributed by atoms with E-state index in [2.05, 4.69) is 24.3 Å². The quantitative estimate of drug-likeness (QED) is 0.792. The molecular formula is C12H14O2. The van der Waals surface area contributed by atoms with Crippen LogP contribution in [0, 0.1) is 0 Å². The number of carboxylic acid groups (broad SMARTS) is 1. The number of aryl methyl sites for hydroxylation is 1. The molecular weight excluding hydrogens is 176 g/mol. The highest BCUT2D eigenvalue weighted by Gasteiger charge is 2.22. The number of aliphatic carboxylic acids is 1. The molecule has 0 saturated heterocycles. The molecule has 2 heteroatoms. The van der Waals surface area contributed by atoms with Crippen molar-refractivity contribution in [3.05, 3.63) is 35.4 Å². The highest BCUT2D eigenvalue weighted by molar-refractivity contribution is 5.67. The summed E-state index contributed by atoms with van der Waals surface area (Å²) in [6, 6.07) is 8.37. The molecule has 74 valence electrons. The molecule has 0 bridgehead atoms. The van der Waals surface area contributed by atoms with E-state index in [0.717, 1.165) is 11.5 Å². The van der Waals surface area contributed by atoms with E-state index in [1.54, 1.807) is 0 Å². The first-order valence-electron chi connectivity index (χ1n) is 5.06. The third-order valence-corrected chi connectivity index (χ3v) is 2.66. The van der Waals surface area contributed by atoms with E-state index in [1.165, 1.54) is 18.4 Å². The van der Waals surface area contributed by atoms with E-state index in [1.807, 2.05) is 0 Å². The lowest BCUT2D eigenvalue weighted by atomic mass is 10.1. The van der Waals surface area contributed by atoms with E-state index in [-0.39, 0.29) is 6.42 Å². The average molecular weight is 190 g/mol. The summed E-state index contributed by atoms with van der Waals surface area (Å²) < 4.78 is 0. The van der Waals surface area contributed by atoms with Crippen molar-refractivity contribution in [2.24, 2.45) is 0 Å². The first kappa shape index (κ1) is 9.25. The molecule has 0 amide bonds. The molecule has 1 saturated carbocycles. The fourth-order valence-electron chi connectivity index (χ4n) is 1.62. The van der Waals surface area contributed by atoms with Crippen LogP contribution >= 0.6 is 0 Å². The van der Waals surface area contributed by atoms with Crippen LogP contribution in [0.15, 0.2) is 24.3 Å². The summed E-state index contributed by atoms with van der Waals surface area (Å²) in [5, 5.41) is 8.53. The Hall–Kier alpha value is -1.31. The van der Waals surface area contributed by atoms with Crippen molar-refractivity contribution in [1.29, 1.82) is 0 Å². The van der Waals surface area contributed by atoms with Crippen LogP contribution < -0.4 is 0 Å². The Bertz CT molecular complexity index is 323. The number of carboxylic acids is 1. The van der Waals surface area contributed by atoms with Gasteiger partial charge in [0, 0.05) is 6.42 Å². The molecule has 0 spiro atoms. The summed E-state index contributed by atoms with van der Waals surface area (Å²) in [6.45, 7) is 0. The second kappa shape index (κ2) is 3.82. The molecule has 1 aliphatic rings. The summed E-state index contributed by atoms with van der Waals surface area (Å²) >= 11 is 0. The minimum atomic E-state index is -0.726. The summed E-state index contributed by atoms with van der Waals surface area (Å²) in [5.74, 6) is 0.0554. The van der Waals surface area contributed by atoms with Crippen LogP contribution in [0.25, 0.3) is 0 Å². The number of hydrogen-bond acceptors (Lipinski definition) is 1. The maximum Gasteiger partial charge on any atom is 0.303 e. The first-order chi connectivity index (χ1) is 6.75. The van der Waals surface area contributed by atoms with Crippen molar-refractivity contribution in [3.8, 4) is 0 Å². The minimum absolute atomic E-state index is 0.225. The summed E-state index contributed by atoms with van der Waals surface area (Å²) in [4.78, 5) is 10.4. The van der Waals surface area contributed by atoms with Gasteiger partial charge in [0.2, 0.25) is 0 Å². The fraction of sp³-hybridized carbons (Fsp3) is 0.417. The molecule has 14 heavy (non-hydrogen) atoms. The van der Waals surface area contributed by atoms with Gasteiger partial charge < -0.3 is 5.11 Å². The highest BCUT2D eigenvalue weighted by atomic mass is 16.4. The average Bonchev–Trinajstić information content (AvgIpc) is 2.99. The Morgan fingerprint density at radius 1 is 1.29 bits per heavy atom. The first-order valence-corrected chi connectivity index (χ1v) is 5.06. The molecule has 1 N–H and O–H groups in total. The van der Waals surface area contributed by atoms with Crippen LogP contribution in [-0.4, -0.2) is 11.1 Å². The monoisotopic (exact) mass is 190 g/mol. The van der Waals surface area contributed by atoms with E-state index < -0.39 is 5.97 Å². The maximum absolute atomic E-state index is 10.4. The SMILES string of the molecule is O=C(O)CCc1ccc(C2CC2)cc1. The largest absolute Gasteiger partial charge is 0.481 e. The van der Waals surface area contributed by atoms with Crippen molar-refractivity contribution in [2.45, 2.75) is 31.6 Å². The van der Waals surface area contributed by atoms with Gasteiger partial charge in [-0.25, -0.2) is 0 Å². The van der Waals surface area contributed by atoms with Gasteiger partial charge in [0.1, 0.15) is 0 Å². The molecule has 1 fully saturated rings. The van der Waals surface area contributed by atoms with Crippen LogP contribution in [0.1, 0.15) is 36.3 Å². The van der Waals surface area contributed by atoms with Crippen molar-refractivity contribution in [3.63, 3.8) is 0 Å². The Labute approximate surface area is 83.6 Å². The highest BCUT2D eigenvalue weighted by Crippen LogP contribution is 2.39. The molecule has 0 atom stereocenters. The van der Waals surface area contributed by atoms with E-state index in [4.69, 9.17) is 5.11 Å². The lowest BCUT2D eigenvalue weighted by Gasteiger charge is -2.01. The van der Waals surface area contributed by atoms with Gasteiger partial charge in [-0.1, -0.05) is 24.3 Å². The Kier molecular flexibility index (Phi) is 2.53. The summed E-state index contributed by atoms with van der Waals surface area (Å²) in [7, 11) is 0. The third kappa shape index (κ3) is 2.34. The lowest BCUT2D eigenvalue weighted by Crippen LogP contribution is -1.97. The molecule has 1 aromatic rings. The Balaban J connectivity index is 1.95. The van der Waals surface area contributed by atoms with Crippen LogP contribution in [0.5, 0.6) is 0 Å². The Morgan fingerprint density at radius 2 is 1.93 bits per heavy atom. The predicted molar refractivity (Wildman–Crippen MR) is 54.4 cm³/mol. The van der Waals surface area contributed by atoms with E-state index in [9.17, 15) is 4.79 Å². The van der Waals surface area contributed by atoms with Crippen molar-refractivity contribution in [1.82, 2.24) is 0 Å². The predicted octanol–water partition coefficient (Wildman–Crippen LogP) is 2.58. The van der Waals surface area contributed by atoms with Gasteiger partial charge in [0.25, 0.3) is 0 Å².